The van der Waals surface area contributed by atoms with Crippen molar-refractivity contribution in [3.63, 3.8) is 0 Å². The molecule has 0 aromatic carbocycles. The zero-order valence-electron chi connectivity index (χ0n) is 12.2. The molecule has 1 heterocycles. The Morgan fingerprint density at radius 1 is 1.20 bits per heavy atom. The van der Waals surface area contributed by atoms with Gasteiger partial charge < -0.3 is 16.0 Å². The molecule has 20 heavy (non-hydrogen) atoms. The summed E-state index contributed by atoms with van der Waals surface area (Å²) >= 11 is 0. The fraction of sp³-hybridized carbons (Fsp3) is 0.500. The van der Waals surface area contributed by atoms with Crippen molar-refractivity contribution in [2.24, 2.45) is 0 Å². The molecule has 2 amide bonds. The molecule has 1 aromatic rings. The third kappa shape index (κ3) is 5.26. The van der Waals surface area contributed by atoms with Crippen molar-refractivity contribution >= 4 is 17.6 Å². The van der Waals surface area contributed by atoms with Gasteiger partial charge in [0.15, 0.2) is 0 Å². The quantitative estimate of drug-likeness (QED) is 0.697. The first-order valence-corrected chi connectivity index (χ1v) is 6.84. The van der Waals surface area contributed by atoms with Crippen LogP contribution in [0.4, 0.5) is 5.82 Å². The first-order chi connectivity index (χ1) is 9.56. The maximum Gasteiger partial charge on any atom is 0.251 e. The standard InChI is InChI=1S/C14H22N4O2/c1-4-6-16-12-8-11(7-10(3)18-12)14(20)17-9-13(19)15-5-2/h7-8H,4-6,9H2,1-3H3,(H,15,19)(H,16,18)(H,17,20). The van der Waals surface area contributed by atoms with E-state index < -0.39 is 0 Å². The normalized spacial score (nSPS) is 9.95. The Morgan fingerprint density at radius 2 is 1.95 bits per heavy atom. The van der Waals surface area contributed by atoms with E-state index in [-0.39, 0.29) is 18.4 Å². The number of likely N-dealkylation sites (N-methyl/N-ethyl adjacent to an activating group) is 1. The molecule has 3 N–H and O–H groups in total. The summed E-state index contributed by atoms with van der Waals surface area (Å²) in [6.07, 6.45) is 0.980. The molecule has 0 aliphatic heterocycles. The Morgan fingerprint density at radius 3 is 2.60 bits per heavy atom. The van der Waals surface area contributed by atoms with Crippen molar-refractivity contribution in [3.05, 3.63) is 23.4 Å². The Labute approximate surface area is 119 Å². The first kappa shape index (κ1) is 15.9. The number of rotatable bonds is 7. The second-order valence-electron chi connectivity index (χ2n) is 4.45. The molecular formula is C14H22N4O2. The Bertz CT molecular complexity index is 474. The van der Waals surface area contributed by atoms with Crippen LogP contribution in [0.15, 0.2) is 12.1 Å². The zero-order chi connectivity index (χ0) is 15.0. The third-order valence-electron chi connectivity index (χ3n) is 2.56. The van der Waals surface area contributed by atoms with Crippen LogP contribution in [-0.4, -0.2) is 36.4 Å². The first-order valence-electron chi connectivity index (χ1n) is 6.84. The molecule has 6 nitrogen and oxygen atoms in total. The summed E-state index contributed by atoms with van der Waals surface area (Å²) in [6.45, 7) is 7.05. The molecule has 0 radical (unpaired) electrons. The molecule has 0 atom stereocenters. The Kier molecular flexibility index (Phi) is 6.49. The number of carbonyl (C=O) groups is 2. The minimum Gasteiger partial charge on any atom is -0.370 e. The van der Waals surface area contributed by atoms with Crippen molar-refractivity contribution in [2.75, 3.05) is 25.0 Å². The Hall–Kier alpha value is -2.11. The van der Waals surface area contributed by atoms with Crippen LogP contribution in [-0.2, 0) is 4.79 Å². The van der Waals surface area contributed by atoms with Crippen LogP contribution in [0, 0.1) is 6.92 Å². The maximum absolute atomic E-state index is 12.0. The van der Waals surface area contributed by atoms with Gasteiger partial charge in [-0.2, -0.15) is 0 Å². The van der Waals surface area contributed by atoms with Gasteiger partial charge in [-0.05, 0) is 32.4 Å². The van der Waals surface area contributed by atoms with Gasteiger partial charge in [0.05, 0.1) is 6.54 Å². The number of nitrogens with one attached hydrogen (secondary N) is 3. The summed E-state index contributed by atoms with van der Waals surface area (Å²) in [5.74, 6) is 0.201. The van der Waals surface area contributed by atoms with E-state index in [1.165, 1.54) is 0 Å². The molecule has 0 saturated heterocycles. The van der Waals surface area contributed by atoms with Gasteiger partial charge in [0.25, 0.3) is 5.91 Å². The fourth-order valence-corrected chi connectivity index (χ4v) is 1.67. The summed E-state index contributed by atoms with van der Waals surface area (Å²) < 4.78 is 0. The van der Waals surface area contributed by atoms with Crippen LogP contribution in [0.5, 0.6) is 0 Å². The Balaban J connectivity index is 2.67. The lowest BCUT2D eigenvalue weighted by atomic mass is 10.2. The second kappa shape index (κ2) is 8.14. The summed E-state index contributed by atoms with van der Waals surface area (Å²) in [4.78, 5) is 27.6. The molecule has 1 rings (SSSR count). The van der Waals surface area contributed by atoms with Gasteiger partial charge >= 0.3 is 0 Å². The van der Waals surface area contributed by atoms with E-state index in [0.717, 1.165) is 18.7 Å². The van der Waals surface area contributed by atoms with E-state index in [9.17, 15) is 9.59 Å². The molecule has 0 fully saturated rings. The highest BCUT2D eigenvalue weighted by molar-refractivity contribution is 5.97. The van der Waals surface area contributed by atoms with Crippen molar-refractivity contribution < 1.29 is 9.59 Å². The molecule has 0 bridgehead atoms. The second-order valence-corrected chi connectivity index (χ2v) is 4.45. The molecule has 0 spiro atoms. The van der Waals surface area contributed by atoms with E-state index in [2.05, 4.69) is 27.9 Å². The van der Waals surface area contributed by atoms with E-state index in [4.69, 9.17) is 0 Å². The number of aromatic nitrogens is 1. The number of anilines is 1. The summed E-state index contributed by atoms with van der Waals surface area (Å²) in [7, 11) is 0. The van der Waals surface area contributed by atoms with Crippen molar-refractivity contribution in [3.8, 4) is 0 Å². The largest absolute Gasteiger partial charge is 0.370 e. The molecule has 0 saturated carbocycles. The smallest absolute Gasteiger partial charge is 0.251 e. The summed E-state index contributed by atoms with van der Waals surface area (Å²) in [6, 6.07) is 3.39. The average molecular weight is 278 g/mol. The molecule has 1 aromatic heterocycles. The van der Waals surface area contributed by atoms with Crippen LogP contribution in [0.2, 0.25) is 0 Å². The van der Waals surface area contributed by atoms with Gasteiger partial charge in [-0.25, -0.2) is 4.98 Å². The molecule has 6 heteroatoms. The summed E-state index contributed by atoms with van der Waals surface area (Å²) in [5, 5.41) is 8.36. The number of hydrogen-bond donors (Lipinski definition) is 3. The predicted molar refractivity (Wildman–Crippen MR) is 78.8 cm³/mol. The number of pyridine rings is 1. The topological polar surface area (TPSA) is 83.1 Å². The number of hydrogen-bond acceptors (Lipinski definition) is 4. The molecule has 0 aliphatic rings. The van der Waals surface area contributed by atoms with E-state index >= 15 is 0 Å². The van der Waals surface area contributed by atoms with Crippen LogP contribution in [0.25, 0.3) is 0 Å². The van der Waals surface area contributed by atoms with Crippen LogP contribution >= 0.6 is 0 Å². The van der Waals surface area contributed by atoms with Gasteiger partial charge in [-0.1, -0.05) is 6.92 Å². The molecule has 110 valence electrons. The average Bonchev–Trinajstić information content (AvgIpc) is 2.42. The SMILES string of the molecule is CCCNc1cc(C(=O)NCC(=O)NCC)cc(C)n1. The van der Waals surface area contributed by atoms with Gasteiger partial charge in [0.1, 0.15) is 5.82 Å². The number of aryl methyl sites for hydroxylation is 1. The van der Waals surface area contributed by atoms with Crippen LogP contribution < -0.4 is 16.0 Å². The maximum atomic E-state index is 12.0. The van der Waals surface area contributed by atoms with Crippen molar-refractivity contribution in [1.29, 1.82) is 0 Å². The lowest BCUT2D eigenvalue weighted by Gasteiger charge is -2.09. The van der Waals surface area contributed by atoms with E-state index in [0.29, 0.717) is 17.9 Å². The summed E-state index contributed by atoms with van der Waals surface area (Å²) in [5.41, 5.74) is 1.26. The fourth-order valence-electron chi connectivity index (χ4n) is 1.67. The van der Waals surface area contributed by atoms with Gasteiger partial charge in [0, 0.05) is 24.3 Å². The van der Waals surface area contributed by atoms with E-state index in [1.54, 1.807) is 12.1 Å². The number of amides is 2. The number of carbonyl (C=O) groups excluding carboxylic acids is 2. The van der Waals surface area contributed by atoms with E-state index in [1.807, 2.05) is 13.8 Å². The molecule has 0 aliphatic carbocycles. The van der Waals surface area contributed by atoms with Gasteiger partial charge in [-0.3, -0.25) is 9.59 Å². The highest BCUT2D eigenvalue weighted by Gasteiger charge is 2.09. The van der Waals surface area contributed by atoms with Gasteiger partial charge in [-0.15, -0.1) is 0 Å². The lowest BCUT2D eigenvalue weighted by molar-refractivity contribution is -0.120. The number of nitrogens with zero attached hydrogens (tertiary/aromatic N) is 1. The minimum absolute atomic E-state index is 0.0221. The predicted octanol–water partition coefficient (Wildman–Crippen LogP) is 1.08. The molecular weight excluding hydrogens is 256 g/mol. The highest BCUT2D eigenvalue weighted by Crippen LogP contribution is 2.10. The molecule has 0 unspecified atom stereocenters. The van der Waals surface area contributed by atoms with Gasteiger partial charge in [0.2, 0.25) is 5.91 Å². The zero-order valence-corrected chi connectivity index (χ0v) is 12.2. The third-order valence-corrected chi connectivity index (χ3v) is 2.56. The van der Waals surface area contributed by atoms with Crippen LogP contribution in [0.1, 0.15) is 36.3 Å². The van der Waals surface area contributed by atoms with Crippen LogP contribution in [0.3, 0.4) is 0 Å². The monoisotopic (exact) mass is 278 g/mol. The minimum atomic E-state index is -0.277. The van der Waals surface area contributed by atoms with Crippen molar-refractivity contribution in [2.45, 2.75) is 27.2 Å². The lowest BCUT2D eigenvalue weighted by Crippen LogP contribution is -2.36. The van der Waals surface area contributed by atoms with Crippen molar-refractivity contribution in [1.82, 2.24) is 15.6 Å². The highest BCUT2D eigenvalue weighted by atomic mass is 16.2.